The van der Waals surface area contributed by atoms with Crippen LogP contribution in [0.15, 0.2) is 35.5 Å². The molecule has 1 aromatic heterocycles. The average molecular weight is 385 g/mol. The van der Waals surface area contributed by atoms with Gasteiger partial charge in [0.2, 0.25) is 5.91 Å². The van der Waals surface area contributed by atoms with Crippen LogP contribution in [0.3, 0.4) is 0 Å². The predicted octanol–water partition coefficient (Wildman–Crippen LogP) is 3.17. The number of amides is 3. The number of nitrogens with one attached hydrogen (secondary N) is 2. The van der Waals surface area contributed by atoms with E-state index in [1.54, 1.807) is 0 Å². The van der Waals surface area contributed by atoms with Gasteiger partial charge in [-0.05, 0) is 38.2 Å². The maximum Gasteiger partial charge on any atom is 0.321 e. The summed E-state index contributed by atoms with van der Waals surface area (Å²) in [7, 11) is 0. The van der Waals surface area contributed by atoms with Crippen molar-refractivity contribution in [2.24, 2.45) is 0 Å². The highest BCUT2D eigenvalue weighted by Crippen LogP contribution is 2.47. The molecule has 2 aliphatic rings. The normalized spacial score (nSPS) is 17.4. The van der Waals surface area contributed by atoms with Crippen LogP contribution in [0, 0.1) is 0 Å². The number of imide groups is 1. The molecule has 0 radical (unpaired) electrons. The van der Waals surface area contributed by atoms with Gasteiger partial charge in [-0.2, -0.15) is 0 Å². The molecule has 2 aromatic rings. The van der Waals surface area contributed by atoms with E-state index in [0.717, 1.165) is 42.2 Å². The summed E-state index contributed by atoms with van der Waals surface area (Å²) in [6, 6.07) is 9.45. The first-order valence-corrected chi connectivity index (χ1v) is 10.3. The molecule has 2 aliphatic carbocycles. The van der Waals surface area contributed by atoms with Gasteiger partial charge >= 0.3 is 6.03 Å². The monoisotopic (exact) mass is 385 g/mol. The van der Waals surface area contributed by atoms with E-state index in [1.165, 1.54) is 11.8 Å². The summed E-state index contributed by atoms with van der Waals surface area (Å²) in [5, 5.41) is 14.0. The van der Waals surface area contributed by atoms with Crippen molar-refractivity contribution in [3.63, 3.8) is 0 Å². The van der Waals surface area contributed by atoms with Crippen molar-refractivity contribution in [3.05, 3.63) is 41.7 Å². The van der Waals surface area contributed by atoms with Gasteiger partial charge in [0, 0.05) is 18.5 Å². The molecule has 4 rings (SSSR count). The van der Waals surface area contributed by atoms with E-state index >= 15 is 0 Å². The van der Waals surface area contributed by atoms with E-state index in [0.29, 0.717) is 18.5 Å². The number of urea groups is 1. The van der Waals surface area contributed by atoms with E-state index in [4.69, 9.17) is 0 Å². The summed E-state index contributed by atoms with van der Waals surface area (Å²) >= 11 is 1.37. The largest absolute Gasteiger partial charge is 0.338 e. The van der Waals surface area contributed by atoms with Crippen LogP contribution in [0.25, 0.3) is 0 Å². The van der Waals surface area contributed by atoms with Gasteiger partial charge in [0.1, 0.15) is 11.1 Å². The Labute approximate surface area is 162 Å². The number of hydrogen-bond acceptors (Lipinski definition) is 5. The van der Waals surface area contributed by atoms with Crippen molar-refractivity contribution >= 4 is 23.7 Å². The third kappa shape index (κ3) is 4.16. The molecule has 0 unspecified atom stereocenters. The smallest absolute Gasteiger partial charge is 0.321 e. The molecule has 8 heteroatoms. The summed E-state index contributed by atoms with van der Waals surface area (Å²) < 4.78 is 2.22. The lowest BCUT2D eigenvalue weighted by molar-refractivity contribution is -0.119. The zero-order valence-corrected chi connectivity index (χ0v) is 16.0. The van der Waals surface area contributed by atoms with Gasteiger partial charge in [-0.1, -0.05) is 42.1 Å². The van der Waals surface area contributed by atoms with Gasteiger partial charge in [-0.15, -0.1) is 10.2 Å². The number of benzene rings is 1. The number of hydrogen-bond donors (Lipinski definition) is 2. The van der Waals surface area contributed by atoms with Gasteiger partial charge in [-0.25, -0.2) is 4.79 Å². The van der Waals surface area contributed by atoms with Crippen LogP contribution in [0.4, 0.5) is 4.79 Å². The number of thioether (sulfide) groups is 1. The lowest BCUT2D eigenvalue weighted by Gasteiger charge is -2.17. The predicted molar refractivity (Wildman–Crippen MR) is 103 cm³/mol. The molecule has 7 nitrogen and oxygen atoms in total. The van der Waals surface area contributed by atoms with Crippen LogP contribution in [0.5, 0.6) is 0 Å². The second kappa shape index (κ2) is 7.72. The Balaban J connectivity index is 1.60. The van der Waals surface area contributed by atoms with Gasteiger partial charge in [0.25, 0.3) is 0 Å². The minimum absolute atomic E-state index is 0.351. The lowest BCUT2D eigenvalue weighted by atomic mass is 10.1. The summed E-state index contributed by atoms with van der Waals surface area (Å²) in [6.45, 7) is 2.27. The molecule has 142 valence electrons. The van der Waals surface area contributed by atoms with Crippen LogP contribution in [0.1, 0.15) is 61.2 Å². The van der Waals surface area contributed by atoms with E-state index in [2.05, 4.69) is 25.4 Å². The van der Waals surface area contributed by atoms with Crippen LogP contribution < -0.4 is 10.6 Å². The lowest BCUT2D eigenvalue weighted by Crippen LogP contribution is -2.41. The molecule has 0 aliphatic heterocycles. The maximum absolute atomic E-state index is 12.8. The van der Waals surface area contributed by atoms with Crippen molar-refractivity contribution < 1.29 is 9.59 Å². The number of carbonyl (C=O) groups excluding carboxylic acids is 2. The van der Waals surface area contributed by atoms with Crippen LogP contribution in [0.2, 0.25) is 0 Å². The highest BCUT2D eigenvalue weighted by atomic mass is 32.2. The Morgan fingerprint density at radius 2 is 1.93 bits per heavy atom. The Morgan fingerprint density at radius 3 is 2.56 bits per heavy atom. The molecule has 2 saturated carbocycles. The zero-order valence-electron chi connectivity index (χ0n) is 15.2. The molecule has 1 heterocycles. The first-order chi connectivity index (χ1) is 13.2. The molecule has 1 atom stereocenters. The summed E-state index contributed by atoms with van der Waals surface area (Å²) in [4.78, 5) is 24.7. The van der Waals surface area contributed by atoms with E-state index in [9.17, 15) is 9.59 Å². The Hall–Kier alpha value is -2.35. The Morgan fingerprint density at radius 1 is 1.19 bits per heavy atom. The van der Waals surface area contributed by atoms with E-state index in [1.807, 2.05) is 37.3 Å². The number of nitrogens with zero attached hydrogens (tertiary/aromatic N) is 3. The molecule has 0 saturated heterocycles. The summed E-state index contributed by atoms with van der Waals surface area (Å²) in [5.74, 6) is 1.21. The third-order valence-corrected chi connectivity index (χ3v) is 5.89. The fourth-order valence-corrected chi connectivity index (χ4v) is 4.17. The minimum atomic E-state index is -0.567. The quantitative estimate of drug-likeness (QED) is 0.715. The summed E-state index contributed by atoms with van der Waals surface area (Å²) in [6.07, 6.45) is 4.59. The third-order valence-electron chi connectivity index (χ3n) is 4.68. The first kappa shape index (κ1) is 18.0. The molecule has 1 aromatic carbocycles. The fraction of sp³-hybridized carbons (Fsp3) is 0.474. The molecule has 0 spiro atoms. The minimum Gasteiger partial charge on any atom is -0.338 e. The standard InChI is InChI=1S/C19H23N5O2S/c1-2-20-18(26)21-17(25)15(12-6-4-3-5-7-12)27-19-23-22-16(13-8-9-13)24(19)14-10-11-14/h3-7,13-15H,2,8-11H2,1H3,(H2,20,21,25,26)/t15-/m0/s1. The van der Waals surface area contributed by atoms with Crippen molar-refractivity contribution in [1.29, 1.82) is 0 Å². The SMILES string of the molecule is CCNC(=O)NC(=O)[C@@H](Sc1nnc(C2CC2)n1C1CC1)c1ccccc1. The topological polar surface area (TPSA) is 88.9 Å². The molecule has 2 fully saturated rings. The fourth-order valence-electron chi connectivity index (χ4n) is 3.05. The Bertz CT molecular complexity index is 830. The number of aromatic nitrogens is 3. The number of rotatable bonds is 7. The van der Waals surface area contributed by atoms with Gasteiger partial charge in [0.05, 0.1) is 0 Å². The molecular weight excluding hydrogens is 362 g/mol. The van der Waals surface area contributed by atoms with Gasteiger partial charge in [0.15, 0.2) is 5.16 Å². The van der Waals surface area contributed by atoms with Crippen LogP contribution >= 0.6 is 11.8 Å². The van der Waals surface area contributed by atoms with Gasteiger partial charge < -0.3 is 9.88 Å². The van der Waals surface area contributed by atoms with Crippen molar-refractivity contribution in [2.45, 2.75) is 55.0 Å². The first-order valence-electron chi connectivity index (χ1n) is 9.42. The highest BCUT2D eigenvalue weighted by Gasteiger charge is 2.37. The Kier molecular flexibility index (Phi) is 5.15. The van der Waals surface area contributed by atoms with Crippen LogP contribution in [-0.4, -0.2) is 33.2 Å². The second-order valence-electron chi connectivity index (χ2n) is 6.97. The molecule has 27 heavy (non-hydrogen) atoms. The summed E-state index contributed by atoms with van der Waals surface area (Å²) in [5.41, 5.74) is 0.836. The molecule has 3 amide bonds. The molecule has 0 bridgehead atoms. The highest BCUT2D eigenvalue weighted by molar-refractivity contribution is 8.00. The van der Waals surface area contributed by atoms with Crippen molar-refractivity contribution in [1.82, 2.24) is 25.4 Å². The molecular formula is C19H23N5O2S. The van der Waals surface area contributed by atoms with Gasteiger partial charge in [-0.3, -0.25) is 10.1 Å². The van der Waals surface area contributed by atoms with Crippen LogP contribution in [-0.2, 0) is 4.79 Å². The molecule has 2 N–H and O–H groups in total. The van der Waals surface area contributed by atoms with E-state index < -0.39 is 11.3 Å². The maximum atomic E-state index is 12.8. The van der Waals surface area contributed by atoms with E-state index in [-0.39, 0.29) is 5.91 Å². The average Bonchev–Trinajstić information content (AvgIpc) is 3.59. The van der Waals surface area contributed by atoms with Crippen molar-refractivity contribution in [3.8, 4) is 0 Å². The number of carbonyl (C=O) groups is 2. The zero-order chi connectivity index (χ0) is 18.8. The second-order valence-corrected chi connectivity index (χ2v) is 8.05. The van der Waals surface area contributed by atoms with Crippen molar-refractivity contribution in [2.75, 3.05) is 6.54 Å².